The van der Waals surface area contributed by atoms with Crippen LogP contribution in [0.4, 0.5) is 0 Å². The minimum atomic E-state index is -0.271. The average Bonchev–Trinajstić information content (AvgIpc) is 3.04. The third-order valence-electron chi connectivity index (χ3n) is 3.66. The van der Waals surface area contributed by atoms with Crippen molar-refractivity contribution in [3.05, 3.63) is 45.8 Å². The van der Waals surface area contributed by atoms with Crippen molar-refractivity contribution in [3.63, 3.8) is 0 Å². The summed E-state index contributed by atoms with van der Waals surface area (Å²) in [5, 5.41) is 3.72. The third kappa shape index (κ3) is 3.47. The van der Waals surface area contributed by atoms with Crippen LogP contribution in [-0.4, -0.2) is 35.1 Å². The Morgan fingerprint density at radius 1 is 1.39 bits per heavy atom. The molecule has 1 aliphatic rings. The maximum atomic E-state index is 12.3. The van der Waals surface area contributed by atoms with Crippen LogP contribution in [0.15, 0.2) is 24.4 Å². The largest absolute Gasteiger partial charge is 0.379 e. The zero-order chi connectivity index (χ0) is 16.4. The van der Waals surface area contributed by atoms with E-state index < -0.39 is 0 Å². The lowest BCUT2D eigenvalue weighted by Gasteiger charge is -2.12. The minimum Gasteiger partial charge on any atom is -0.379 e. The van der Waals surface area contributed by atoms with Gasteiger partial charge in [0.05, 0.1) is 40.3 Å². The number of nitrogens with zero attached hydrogens (tertiary/aromatic N) is 2. The van der Waals surface area contributed by atoms with Crippen molar-refractivity contribution in [1.82, 2.24) is 15.3 Å². The first kappa shape index (κ1) is 16.2. The number of amides is 1. The minimum absolute atomic E-state index is 0.0174. The van der Waals surface area contributed by atoms with Crippen molar-refractivity contribution >= 4 is 29.1 Å². The lowest BCUT2D eigenvalue weighted by molar-refractivity contribution is 0.0924. The van der Waals surface area contributed by atoms with Crippen LogP contribution in [0.2, 0.25) is 10.0 Å². The van der Waals surface area contributed by atoms with Gasteiger partial charge in [-0.05, 0) is 19.4 Å². The first-order chi connectivity index (χ1) is 11.1. The molecule has 3 rings (SSSR count). The molecule has 2 heterocycles. The van der Waals surface area contributed by atoms with Gasteiger partial charge in [-0.1, -0.05) is 35.3 Å². The van der Waals surface area contributed by atoms with Gasteiger partial charge in [0.25, 0.3) is 5.91 Å². The van der Waals surface area contributed by atoms with E-state index in [1.165, 1.54) is 6.20 Å². The molecule has 2 aromatic rings. The smallest absolute Gasteiger partial charge is 0.271 e. The first-order valence-corrected chi connectivity index (χ1v) is 7.98. The summed E-state index contributed by atoms with van der Waals surface area (Å²) in [4.78, 5) is 21.0. The van der Waals surface area contributed by atoms with Gasteiger partial charge < -0.3 is 10.1 Å². The topological polar surface area (TPSA) is 64.1 Å². The second kappa shape index (κ2) is 6.83. The molecule has 0 spiro atoms. The summed E-state index contributed by atoms with van der Waals surface area (Å²) in [5.74, 6) is -0.271. The van der Waals surface area contributed by atoms with Crippen LogP contribution >= 0.6 is 23.2 Å². The Hall–Kier alpha value is -1.69. The molecule has 0 aliphatic carbocycles. The third-order valence-corrected chi connectivity index (χ3v) is 4.48. The normalized spacial score (nSPS) is 17.3. The van der Waals surface area contributed by atoms with E-state index in [9.17, 15) is 4.79 Å². The average molecular weight is 352 g/mol. The van der Waals surface area contributed by atoms with E-state index in [-0.39, 0.29) is 17.6 Å². The highest BCUT2D eigenvalue weighted by Crippen LogP contribution is 2.33. The van der Waals surface area contributed by atoms with Crippen LogP contribution in [0.1, 0.15) is 22.6 Å². The molecule has 5 nitrogen and oxygen atoms in total. The summed E-state index contributed by atoms with van der Waals surface area (Å²) in [6.45, 7) is 3.00. The van der Waals surface area contributed by atoms with E-state index in [1.807, 2.05) is 6.92 Å². The molecule has 1 unspecified atom stereocenters. The van der Waals surface area contributed by atoms with Gasteiger partial charge in [0.15, 0.2) is 0 Å². The monoisotopic (exact) mass is 351 g/mol. The van der Waals surface area contributed by atoms with E-state index in [1.54, 1.807) is 18.2 Å². The number of aryl methyl sites for hydroxylation is 1. The number of nitrogens with one attached hydrogen (secondary N) is 1. The molecule has 1 atom stereocenters. The summed E-state index contributed by atoms with van der Waals surface area (Å²) >= 11 is 12.3. The highest BCUT2D eigenvalue weighted by molar-refractivity contribution is 6.43. The highest BCUT2D eigenvalue weighted by atomic mass is 35.5. The van der Waals surface area contributed by atoms with Gasteiger partial charge in [0.1, 0.15) is 5.69 Å². The van der Waals surface area contributed by atoms with Gasteiger partial charge in [-0.2, -0.15) is 0 Å². The van der Waals surface area contributed by atoms with Crippen LogP contribution < -0.4 is 5.32 Å². The number of hydrogen-bond acceptors (Lipinski definition) is 4. The van der Waals surface area contributed by atoms with E-state index >= 15 is 0 Å². The molecule has 1 aromatic heterocycles. The molecular weight excluding hydrogens is 337 g/mol. The molecule has 23 heavy (non-hydrogen) atoms. The maximum absolute atomic E-state index is 12.3. The van der Waals surface area contributed by atoms with E-state index in [2.05, 4.69) is 15.3 Å². The number of halogens is 2. The first-order valence-electron chi connectivity index (χ1n) is 7.23. The number of carbonyl (C=O) groups is 1. The number of ether oxygens (including phenoxy) is 1. The molecular formula is C16H15Cl2N3O2. The fourth-order valence-electron chi connectivity index (χ4n) is 2.41. The summed E-state index contributed by atoms with van der Waals surface area (Å²) in [6, 6.07) is 5.31. The van der Waals surface area contributed by atoms with Crippen molar-refractivity contribution in [3.8, 4) is 11.3 Å². The maximum Gasteiger partial charge on any atom is 0.271 e. The Morgan fingerprint density at radius 3 is 2.96 bits per heavy atom. The summed E-state index contributed by atoms with van der Waals surface area (Å²) in [5.41, 5.74) is 2.12. The molecule has 1 saturated heterocycles. The summed E-state index contributed by atoms with van der Waals surface area (Å²) in [6.07, 6.45) is 2.26. The number of rotatable bonds is 3. The Bertz CT molecular complexity index is 746. The van der Waals surface area contributed by atoms with Gasteiger partial charge in [0, 0.05) is 12.2 Å². The van der Waals surface area contributed by atoms with Crippen LogP contribution in [0.5, 0.6) is 0 Å². The van der Waals surface area contributed by atoms with E-state index in [0.717, 1.165) is 6.42 Å². The van der Waals surface area contributed by atoms with Gasteiger partial charge in [0.2, 0.25) is 0 Å². The quantitative estimate of drug-likeness (QED) is 0.921. The van der Waals surface area contributed by atoms with Crippen molar-refractivity contribution < 1.29 is 9.53 Å². The SMILES string of the molecule is Cc1ncc(C(=O)NC2CCOC2)nc1-c1cccc(Cl)c1Cl. The van der Waals surface area contributed by atoms with Crippen LogP contribution in [0.25, 0.3) is 11.3 Å². The lowest BCUT2D eigenvalue weighted by Crippen LogP contribution is -2.35. The Balaban J connectivity index is 1.92. The van der Waals surface area contributed by atoms with E-state index in [0.29, 0.717) is 40.2 Å². The Kier molecular flexibility index (Phi) is 4.80. The van der Waals surface area contributed by atoms with Crippen LogP contribution in [-0.2, 0) is 4.74 Å². The second-order valence-corrected chi connectivity index (χ2v) is 6.11. The van der Waals surface area contributed by atoms with Gasteiger partial charge in [-0.15, -0.1) is 0 Å². The second-order valence-electron chi connectivity index (χ2n) is 5.32. The fourth-order valence-corrected chi connectivity index (χ4v) is 2.80. The molecule has 1 aromatic carbocycles. The molecule has 1 aliphatic heterocycles. The van der Waals surface area contributed by atoms with Crippen LogP contribution in [0, 0.1) is 6.92 Å². The summed E-state index contributed by atoms with van der Waals surface area (Å²) in [7, 11) is 0. The number of carbonyl (C=O) groups excluding carboxylic acids is 1. The number of benzene rings is 1. The Morgan fingerprint density at radius 2 is 2.22 bits per heavy atom. The molecule has 1 amide bonds. The van der Waals surface area contributed by atoms with Crippen molar-refractivity contribution in [2.75, 3.05) is 13.2 Å². The molecule has 1 N–H and O–H groups in total. The molecule has 0 saturated carbocycles. The lowest BCUT2D eigenvalue weighted by atomic mass is 10.1. The van der Waals surface area contributed by atoms with Crippen molar-refractivity contribution in [2.24, 2.45) is 0 Å². The van der Waals surface area contributed by atoms with Crippen molar-refractivity contribution in [1.29, 1.82) is 0 Å². The molecule has 0 radical (unpaired) electrons. The van der Waals surface area contributed by atoms with Gasteiger partial charge in [-0.3, -0.25) is 9.78 Å². The predicted octanol–water partition coefficient (Wildman–Crippen LogP) is 3.28. The van der Waals surface area contributed by atoms with Crippen molar-refractivity contribution in [2.45, 2.75) is 19.4 Å². The zero-order valence-corrected chi connectivity index (χ0v) is 14.0. The standard InChI is InChI=1S/C16H15Cl2N3O2/c1-9-15(11-3-2-4-12(17)14(11)18)21-13(7-19-9)16(22)20-10-5-6-23-8-10/h2-4,7,10H,5-6,8H2,1H3,(H,20,22). The zero-order valence-electron chi connectivity index (χ0n) is 12.5. The van der Waals surface area contributed by atoms with Gasteiger partial charge >= 0.3 is 0 Å². The predicted molar refractivity (Wildman–Crippen MR) is 88.9 cm³/mol. The molecule has 7 heteroatoms. The number of hydrogen-bond donors (Lipinski definition) is 1. The molecule has 1 fully saturated rings. The van der Waals surface area contributed by atoms with Gasteiger partial charge in [-0.25, -0.2) is 4.98 Å². The van der Waals surface area contributed by atoms with E-state index in [4.69, 9.17) is 27.9 Å². The molecule has 0 bridgehead atoms. The summed E-state index contributed by atoms with van der Waals surface area (Å²) < 4.78 is 5.25. The Labute approximate surface area is 144 Å². The van der Waals surface area contributed by atoms with Crippen LogP contribution in [0.3, 0.4) is 0 Å². The fraction of sp³-hybridized carbons (Fsp3) is 0.312. The highest BCUT2D eigenvalue weighted by Gasteiger charge is 2.21. The molecule has 120 valence electrons. The number of aromatic nitrogens is 2.